The topological polar surface area (TPSA) is 51.8 Å². The van der Waals surface area contributed by atoms with E-state index in [-0.39, 0.29) is 66.5 Å². The SMILES string of the molecule is [2H]c1c([2H])c([2H])c2c(oc3c([2H])c4c(c([2H])c([2H])c5c(-c6nc(-c7ccccc7)nc(-c7ccccc7)n6)c([2H])c([2H])c([2H])c54)c([2H])c32)c1[2H]. The maximum absolute atomic E-state index is 9.28. The van der Waals surface area contributed by atoms with E-state index in [1.807, 2.05) is 12.1 Å². The van der Waals surface area contributed by atoms with Gasteiger partial charge in [0.05, 0.1) is 15.1 Å². The van der Waals surface area contributed by atoms with Crippen molar-refractivity contribution in [3.8, 4) is 34.2 Å². The van der Waals surface area contributed by atoms with Gasteiger partial charge < -0.3 is 4.42 Å². The molecule has 0 unspecified atom stereocenters. The van der Waals surface area contributed by atoms with E-state index in [1.165, 1.54) is 0 Å². The molecule has 0 radical (unpaired) electrons. The van der Waals surface area contributed by atoms with Crippen molar-refractivity contribution in [2.75, 3.05) is 0 Å². The van der Waals surface area contributed by atoms with Crippen molar-refractivity contribution < 1.29 is 19.5 Å². The molecule has 0 spiro atoms. The molecule has 0 saturated carbocycles. The molecular weight excluding hydrogens is 478 g/mol. The van der Waals surface area contributed by atoms with Crippen LogP contribution in [0, 0.1) is 0 Å². The number of aromatic nitrogens is 3. The van der Waals surface area contributed by atoms with Gasteiger partial charge in [0, 0.05) is 27.5 Å². The molecule has 182 valence electrons. The van der Waals surface area contributed by atoms with E-state index in [0.29, 0.717) is 11.1 Å². The second-order valence-corrected chi connectivity index (χ2v) is 8.80. The van der Waals surface area contributed by atoms with Gasteiger partial charge in [-0.2, -0.15) is 0 Å². The van der Waals surface area contributed by atoms with Crippen LogP contribution < -0.4 is 0 Å². The normalized spacial score (nSPS) is 15.5. The van der Waals surface area contributed by atoms with Crippen molar-refractivity contribution in [3.05, 3.63) is 127 Å². The third-order valence-corrected chi connectivity index (χ3v) is 6.43. The first kappa shape index (κ1) is 13.4. The molecule has 4 heteroatoms. The van der Waals surface area contributed by atoms with Crippen LogP contribution in [0.2, 0.25) is 0 Å². The van der Waals surface area contributed by atoms with Gasteiger partial charge in [-0.25, -0.2) is 15.0 Å². The van der Waals surface area contributed by atoms with Gasteiger partial charge in [-0.15, -0.1) is 0 Å². The average Bonchev–Trinajstić information content (AvgIpc) is 3.55. The molecule has 0 N–H and O–H groups in total. The van der Waals surface area contributed by atoms with Gasteiger partial charge in [0.15, 0.2) is 17.5 Å². The molecule has 39 heavy (non-hydrogen) atoms. The first-order valence-electron chi connectivity index (χ1n) is 17.6. The zero-order valence-electron chi connectivity index (χ0n) is 31.0. The maximum Gasteiger partial charge on any atom is 0.164 e. The van der Waals surface area contributed by atoms with E-state index >= 15 is 0 Å². The van der Waals surface area contributed by atoms with Crippen LogP contribution in [0.4, 0.5) is 0 Å². The number of hydrogen-bond acceptors (Lipinski definition) is 4. The standard InChI is InChI=1S/C35H21N3O/c1-3-10-22(11-4-1)33-36-34(23-12-5-2-6-13-23)38-35(37-33)28-16-9-15-25-26(28)19-18-24-20-30-27-14-7-8-17-31(27)39-32(30)21-29(24)25/h1-21H/i7D,8D,9D,14D,15D,16D,17D,18D,19D,20D,21D. The van der Waals surface area contributed by atoms with Gasteiger partial charge in [-0.05, 0) is 39.7 Å². The number of para-hydroxylation sites is 1. The van der Waals surface area contributed by atoms with Crippen LogP contribution in [-0.4, -0.2) is 15.0 Å². The molecule has 0 aliphatic heterocycles. The highest BCUT2D eigenvalue weighted by Crippen LogP contribution is 2.37. The second kappa shape index (κ2) is 8.61. The molecule has 8 rings (SSSR count). The molecule has 8 aromatic rings. The lowest BCUT2D eigenvalue weighted by atomic mass is 9.96. The number of nitrogens with zero attached hydrogens (tertiary/aromatic N) is 3. The largest absolute Gasteiger partial charge is 0.456 e. The second-order valence-electron chi connectivity index (χ2n) is 8.80. The maximum atomic E-state index is 9.28. The Morgan fingerprint density at radius 3 is 1.90 bits per heavy atom. The van der Waals surface area contributed by atoms with E-state index in [2.05, 4.69) is 15.0 Å². The first-order chi connectivity index (χ1) is 23.9. The molecule has 0 bridgehead atoms. The number of furan rings is 1. The Kier molecular flexibility index (Phi) is 2.97. The van der Waals surface area contributed by atoms with Crippen LogP contribution >= 0.6 is 0 Å². The zero-order valence-corrected chi connectivity index (χ0v) is 20.0. The summed E-state index contributed by atoms with van der Waals surface area (Å²) in [5.74, 6) is 0.375. The van der Waals surface area contributed by atoms with Crippen molar-refractivity contribution in [2.24, 2.45) is 0 Å². The molecular formula is C35H21N3O. The van der Waals surface area contributed by atoms with Crippen molar-refractivity contribution >= 4 is 43.5 Å². The summed E-state index contributed by atoms with van der Waals surface area (Å²) in [6.45, 7) is 0. The van der Waals surface area contributed by atoms with Gasteiger partial charge in [0.1, 0.15) is 11.2 Å². The van der Waals surface area contributed by atoms with E-state index in [1.54, 1.807) is 48.5 Å². The Labute approximate surface area is 239 Å². The Morgan fingerprint density at radius 1 is 0.487 bits per heavy atom. The average molecular weight is 511 g/mol. The highest BCUT2D eigenvalue weighted by Gasteiger charge is 2.16. The molecule has 0 amide bonds. The quantitative estimate of drug-likeness (QED) is 0.222. The summed E-state index contributed by atoms with van der Waals surface area (Å²) in [6.07, 6.45) is 0. The lowest BCUT2D eigenvalue weighted by molar-refractivity contribution is 0.669. The fraction of sp³-hybridized carbons (Fsp3) is 0. The molecule has 0 saturated heterocycles. The molecule has 4 nitrogen and oxygen atoms in total. The summed E-state index contributed by atoms with van der Waals surface area (Å²) < 4.78 is 103. The Bertz CT molecular complexity index is 2710. The van der Waals surface area contributed by atoms with E-state index in [4.69, 9.17) is 15.4 Å². The molecule has 0 atom stereocenters. The molecule has 0 fully saturated rings. The van der Waals surface area contributed by atoms with Crippen molar-refractivity contribution in [1.29, 1.82) is 0 Å². The third kappa shape index (κ3) is 3.57. The Morgan fingerprint density at radius 2 is 1.15 bits per heavy atom. The zero-order chi connectivity index (χ0) is 35.3. The highest BCUT2D eigenvalue weighted by molar-refractivity contribution is 6.17. The Balaban J connectivity index is 1.57. The number of fused-ring (bicyclic) bond motifs is 6. The van der Waals surface area contributed by atoms with Crippen LogP contribution in [0.25, 0.3) is 77.6 Å². The summed E-state index contributed by atoms with van der Waals surface area (Å²) in [5.41, 5.74) is 0.563. The van der Waals surface area contributed by atoms with Crippen LogP contribution in [0.3, 0.4) is 0 Å². The number of hydrogen-bond donors (Lipinski definition) is 0. The summed E-state index contributed by atoms with van der Waals surface area (Å²) in [4.78, 5) is 14.0. The fourth-order valence-electron chi connectivity index (χ4n) is 4.60. The minimum absolute atomic E-state index is 0.0976. The van der Waals surface area contributed by atoms with Gasteiger partial charge in [0.25, 0.3) is 0 Å². The van der Waals surface area contributed by atoms with E-state index < -0.39 is 66.5 Å². The molecule has 2 heterocycles. The third-order valence-electron chi connectivity index (χ3n) is 6.43. The molecule has 0 aliphatic rings. The number of benzene rings is 6. The van der Waals surface area contributed by atoms with E-state index in [9.17, 15) is 4.11 Å². The van der Waals surface area contributed by atoms with Crippen LogP contribution in [0.5, 0.6) is 0 Å². The van der Waals surface area contributed by atoms with Gasteiger partial charge in [-0.3, -0.25) is 0 Å². The predicted octanol–water partition coefficient (Wildman–Crippen LogP) is 9.08. The first-order valence-corrected chi connectivity index (χ1v) is 12.1. The van der Waals surface area contributed by atoms with Crippen molar-refractivity contribution in [1.82, 2.24) is 15.0 Å². The van der Waals surface area contributed by atoms with Crippen LogP contribution in [0.1, 0.15) is 15.1 Å². The summed E-state index contributed by atoms with van der Waals surface area (Å²) in [5, 5.41) is -1.00. The van der Waals surface area contributed by atoms with Gasteiger partial charge >= 0.3 is 0 Å². The van der Waals surface area contributed by atoms with Crippen LogP contribution in [0.15, 0.2) is 132 Å². The summed E-state index contributed by atoms with van der Waals surface area (Å²) >= 11 is 0. The summed E-state index contributed by atoms with van der Waals surface area (Å²) in [6, 6.07) is 12.4. The summed E-state index contributed by atoms with van der Waals surface area (Å²) in [7, 11) is 0. The van der Waals surface area contributed by atoms with Gasteiger partial charge in [0.2, 0.25) is 0 Å². The monoisotopic (exact) mass is 510 g/mol. The molecule has 6 aromatic carbocycles. The lowest BCUT2D eigenvalue weighted by Gasteiger charge is -2.11. The fourth-order valence-corrected chi connectivity index (χ4v) is 4.60. The van der Waals surface area contributed by atoms with Gasteiger partial charge in [-0.1, -0.05) is 109 Å². The van der Waals surface area contributed by atoms with E-state index in [0.717, 1.165) is 0 Å². The lowest BCUT2D eigenvalue weighted by Crippen LogP contribution is -2.00. The molecule has 0 aliphatic carbocycles. The minimum atomic E-state index is -0.566. The van der Waals surface area contributed by atoms with Crippen molar-refractivity contribution in [2.45, 2.75) is 0 Å². The van der Waals surface area contributed by atoms with Crippen LogP contribution in [-0.2, 0) is 0 Å². The smallest absolute Gasteiger partial charge is 0.164 e. The van der Waals surface area contributed by atoms with Crippen molar-refractivity contribution in [3.63, 3.8) is 0 Å². The predicted molar refractivity (Wildman–Crippen MR) is 158 cm³/mol. The highest BCUT2D eigenvalue weighted by atomic mass is 16.3. The molecule has 2 aromatic heterocycles. The minimum Gasteiger partial charge on any atom is -0.456 e. The number of rotatable bonds is 3. The Hall–Kier alpha value is -5.35.